The summed E-state index contributed by atoms with van der Waals surface area (Å²) in [5.74, 6) is 0.684. The second kappa shape index (κ2) is 10.6. The number of ether oxygens (including phenoxy) is 1. The van der Waals surface area contributed by atoms with Crippen LogP contribution in [0.1, 0.15) is 40.7 Å². The minimum atomic E-state index is -0.460. The second-order valence-corrected chi connectivity index (χ2v) is 7.51. The predicted octanol–water partition coefficient (Wildman–Crippen LogP) is 3.05. The molecule has 158 valence electrons. The molecule has 0 spiro atoms. The van der Waals surface area contributed by atoms with Crippen molar-refractivity contribution in [3.8, 4) is 5.75 Å². The van der Waals surface area contributed by atoms with E-state index in [-0.39, 0.29) is 18.8 Å². The van der Waals surface area contributed by atoms with Crippen LogP contribution in [0, 0.1) is 12.8 Å². The average Bonchev–Trinajstić information content (AvgIpc) is 3.58. The number of nitrogens with one attached hydrogen (secondary N) is 2. The number of carbonyl (C=O) groups is 2. The number of hydrogen-bond acceptors (Lipinski definition) is 4. The first-order valence-corrected chi connectivity index (χ1v) is 10.3. The number of hydrogen-bond donors (Lipinski definition) is 3. The third-order valence-electron chi connectivity index (χ3n) is 4.89. The Morgan fingerprint density at radius 1 is 1.10 bits per heavy atom. The maximum Gasteiger partial charge on any atom is 0.267 e. The molecule has 0 radical (unpaired) electrons. The molecule has 6 heteroatoms. The van der Waals surface area contributed by atoms with E-state index in [9.17, 15) is 9.59 Å². The highest BCUT2D eigenvalue weighted by atomic mass is 16.5. The van der Waals surface area contributed by atoms with Crippen molar-refractivity contribution >= 4 is 17.9 Å². The molecule has 0 heterocycles. The first-order chi connectivity index (χ1) is 14.5. The van der Waals surface area contributed by atoms with Gasteiger partial charge in [0.2, 0.25) is 0 Å². The molecule has 2 amide bonds. The van der Waals surface area contributed by atoms with E-state index in [1.807, 2.05) is 31.2 Å². The minimum absolute atomic E-state index is 0.104. The lowest BCUT2D eigenvalue weighted by molar-refractivity contribution is -0.117. The fourth-order valence-electron chi connectivity index (χ4n) is 2.90. The molecule has 3 rings (SSSR count). The van der Waals surface area contributed by atoms with Crippen LogP contribution >= 0.6 is 0 Å². The average molecular weight is 408 g/mol. The number of rotatable bonds is 10. The molecule has 0 aliphatic heterocycles. The summed E-state index contributed by atoms with van der Waals surface area (Å²) in [6, 6.07) is 14.5. The van der Waals surface area contributed by atoms with Gasteiger partial charge in [-0.15, -0.1) is 0 Å². The molecule has 0 bridgehead atoms. The third-order valence-corrected chi connectivity index (χ3v) is 4.89. The Kier molecular flexibility index (Phi) is 7.63. The number of amides is 2. The summed E-state index contributed by atoms with van der Waals surface area (Å²) >= 11 is 0. The topological polar surface area (TPSA) is 87.7 Å². The molecule has 1 aliphatic rings. The predicted molar refractivity (Wildman–Crippen MR) is 116 cm³/mol. The van der Waals surface area contributed by atoms with Gasteiger partial charge in [0.15, 0.2) is 0 Å². The van der Waals surface area contributed by atoms with Gasteiger partial charge >= 0.3 is 0 Å². The van der Waals surface area contributed by atoms with E-state index in [4.69, 9.17) is 9.84 Å². The fourth-order valence-corrected chi connectivity index (χ4v) is 2.90. The molecule has 1 fully saturated rings. The van der Waals surface area contributed by atoms with Gasteiger partial charge in [0.1, 0.15) is 11.4 Å². The molecule has 1 saturated carbocycles. The Morgan fingerprint density at radius 3 is 2.43 bits per heavy atom. The van der Waals surface area contributed by atoms with Crippen LogP contribution in [0.4, 0.5) is 0 Å². The van der Waals surface area contributed by atoms with Crippen molar-refractivity contribution in [2.45, 2.75) is 26.2 Å². The van der Waals surface area contributed by atoms with Crippen molar-refractivity contribution in [3.63, 3.8) is 0 Å². The molecular weight excluding hydrogens is 380 g/mol. The second-order valence-electron chi connectivity index (χ2n) is 7.51. The lowest BCUT2D eigenvalue weighted by Crippen LogP contribution is -2.36. The van der Waals surface area contributed by atoms with Gasteiger partial charge in [0.25, 0.3) is 11.8 Å². The summed E-state index contributed by atoms with van der Waals surface area (Å²) in [6.45, 7) is 2.58. The van der Waals surface area contributed by atoms with E-state index < -0.39 is 11.8 Å². The number of benzene rings is 2. The quantitative estimate of drug-likeness (QED) is 0.527. The van der Waals surface area contributed by atoms with Gasteiger partial charge in [-0.1, -0.05) is 42.7 Å². The maximum absolute atomic E-state index is 12.7. The summed E-state index contributed by atoms with van der Waals surface area (Å²) in [7, 11) is 0. The van der Waals surface area contributed by atoms with Gasteiger partial charge in [0, 0.05) is 12.1 Å². The molecule has 0 atom stereocenters. The van der Waals surface area contributed by atoms with Gasteiger partial charge < -0.3 is 20.5 Å². The largest absolute Gasteiger partial charge is 0.494 e. The van der Waals surface area contributed by atoms with Crippen molar-refractivity contribution in [2.75, 3.05) is 19.8 Å². The zero-order valence-corrected chi connectivity index (χ0v) is 17.2. The molecular formula is C24H28N2O4. The number of aliphatic hydroxyl groups excluding tert-OH is 1. The highest BCUT2D eigenvalue weighted by Gasteiger charge is 2.20. The highest BCUT2D eigenvalue weighted by Crippen LogP contribution is 2.32. The van der Waals surface area contributed by atoms with Gasteiger partial charge in [-0.3, -0.25) is 9.59 Å². The molecule has 0 saturated heterocycles. The van der Waals surface area contributed by atoms with E-state index in [0.29, 0.717) is 12.2 Å². The third kappa shape index (κ3) is 6.74. The van der Waals surface area contributed by atoms with Crippen molar-refractivity contribution in [3.05, 3.63) is 70.9 Å². The van der Waals surface area contributed by atoms with Gasteiger partial charge in [-0.2, -0.15) is 0 Å². The van der Waals surface area contributed by atoms with E-state index in [0.717, 1.165) is 29.2 Å². The van der Waals surface area contributed by atoms with E-state index >= 15 is 0 Å². The minimum Gasteiger partial charge on any atom is -0.494 e. The van der Waals surface area contributed by atoms with Gasteiger partial charge in [0.05, 0.1) is 13.2 Å². The number of aryl methyl sites for hydroxylation is 1. The van der Waals surface area contributed by atoms with E-state index in [1.54, 1.807) is 30.3 Å². The maximum atomic E-state index is 12.7. The Morgan fingerprint density at radius 2 is 1.80 bits per heavy atom. The van der Waals surface area contributed by atoms with Crippen molar-refractivity contribution in [2.24, 2.45) is 5.92 Å². The van der Waals surface area contributed by atoms with Crippen LogP contribution in [0.25, 0.3) is 6.08 Å². The first-order valence-electron chi connectivity index (χ1n) is 10.3. The lowest BCUT2D eigenvalue weighted by atomic mass is 10.1. The lowest BCUT2D eigenvalue weighted by Gasteiger charge is -2.11. The Balaban J connectivity index is 1.66. The van der Waals surface area contributed by atoms with Crippen LogP contribution in [0.15, 0.2) is 54.2 Å². The fraction of sp³-hybridized carbons (Fsp3) is 0.333. The number of aliphatic hydroxyl groups is 1. The Labute approximate surface area is 177 Å². The van der Waals surface area contributed by atoms with Crippen LogP contribution in [-0.2, 0) is 4.79 Å². The number of carbonyl (C=O) groups excluding carboxylic acids is 2. The summed E-state index contributed by atoms with van der Waals surface area (Å²) < 4.78 is 5.71. The molecule has 3 N–H and O–H groups in total. The Hall–Kier alpha value is -3.12. The van der Waals surface area contributed by atoms with Crippen LogP contribution in [0.3, 0.4) is 0 Å². The summed E-state index contributed by atoms with van der Waals surface area (Å²) in [4.78, 5) is 25.1. The normalized spacial score (nSPS) is 13.6. The summed E-state index contributed by atoms with van der Waals surface area (Å²) in [6.07, 6.45) is 5.28. The highest BCUT2D eigenvalue weighted by molar-refractivity contribution is 6.05. The monoisotopic (exact) mass is 408 g/mol. The first kappa shape index (κ1) is 21.6. The Bertz CT molecular complexity index is 884. The van der Waals surface area contributed by atoms with Crippen molar-refractivity contribution in [1.29, 1.82) is 0 Å². The smallest absolute Gasteiger partial charge is 0.267 e. The zero-order chi connectivity index (χ0) is 21.3. The molecule has 0 aromatic heterocycles. The van der Waals surface area contributed by atoms with Gasteiger partial charge in [-0.25, -0.2) is 0 Å². The summed E-state index contributed by atoms with van der Waals surface area (Å²) in [5, 5.41) is 14.2. The summed E-state index contributed by atoms with van der Waals surface area (Å²) in [5.41, 5.74) is 2.42. The molecule has 1 aliphatic carbocycles. The van der Waals surface area contributed by atoms with Crippen molar-refractivity contribution in [1.82, 2.24) is 10.6 Å². The van der Waals surface area contributed by atoms with Crippen molar-refractivity contribution < 1.29 is 19.4 Å². The zero-order valence-electron chi connectivity index (χ0n) is 17.2. The van der Waals surface area contributed by atoms with Crippen LogP contribution < -0.4 is 15.4 Å². The van der Waals surface area contributed by atoms with E-state index in [1.165, 1.54) is 12.8 Å². The standard InChI is InChI=1S/C24H28N2O4/c1-17-2-4-19(5-3-17)16-22(24(29)25-13-14-27)26-23(28)20-8-10-21(11-9-20)30-15-12-18-6-7-18/h2-5,8-11,16,18,27H,6-7,12-15H2,1H3,(H,25,29)(H,26,28)/b22-16-. The molecule has 2 aromatic carbocycles. The van der Waals surface area contributed by atoms with Gasteiger partial charge in [-0.05, 0) is 55.2 Å². The van der Waals surface area contributed by atoms with Crippen LogP contribution in [0.2, 0.25) is 0 Å². The molecule has 0 unspecified atom stereocenters. The van der Waals surface area contributed by atoms with Crippen LogP contribution in [0.5, 0.6) is 5.75 Å². The SMILES string of the molecule is Cc1ccc(/C=C(\NC(=O)c2ccc(OCCC3CC3)cc2)C(=O)NCCO)cc1. The molecule has 2 aromatic rings. The molecule has 30 heavy (non-hydrogen) atoms. The molecule has 6 nitrogen and oxygen atoms in total. The van der Waals surface area contributed by atoms with E-state index in [2.05, 4.69) is 10.6 Å². The van der Waals surface area contributed by atoms with Crippen LogP contribution in [-0.4, -0.2) is 36.7 Å².